The molecule has 19 heavy (non-hydrogen) atoms. The van der Waals surface area contributed by atoms with E-state index in [0.29, 0.717) is 17.9 Å². The molecule has 1 unspecified atom stereocenters. The van der Waals surface area contributed by atoms with Crippen LogP contribution in [0.5, 0.6) is 0 Å². The molecule has 0 radical (unpaired) electrons. The van der Waals surface area contributed by atoms with Crippen molar-refractivity contribution in [3.8, 4) is 0 Å². The number of carbonyl (C=O) groups is 2. The predicted molar refractivity (Wildman–Crippen MR) is 68.1 cm³/mol. The zero-order valence-corrected chi connectivity index (χ0v) is 10.4. The number of carboxylic acids is 1. The van der Waals surface area contributed by atoms with E-state index in [9.17, 15) is 14.7 Å². The molecule has 1 amide bonds. The SMILES string of the molecule is O=C(O)C1CN(C(=O)[C@@H]2CCCO2)c2ccccc21. The number of amides is 1. The summed E-state index contributed by atoms with van der Waals surface area (Å²) >= 11 is 0. The van der Waals surface area contributed by atoms with Crippen molar-refractivity contribution >= 4 is 17.6 Å². The van der Waals surface area contributed by atoms with Gasteiger partial charge in [-0.1, -0.05) is 18.2 Å². The number of benzene rings is 1. The molecule has 0 saturated carbocycles. The third-order valence-corrected chi connectivity index (χ3v) is 3.74. The summed E-state index contributed by atoms with van der Waals surface area (Å²) in [4.78, 5) is 25.2. The van der Waals surface area contributed by atoms with Crippen molar-refractivity contribution in [2.24, 2.45) is 0 Å². The van der Waals surface area contributed by atoms with Crippen LogP contribution >= 0.6 is 0 Å². The topological polar surface area (TPSA) is 66.8 Å². The summed E-state index contributed by atoms with van der Waals surface area (Å²) in [6.45, 7) is 0.807. The lowest BCUT2D eigenvalue weighted by atomic mass is 10.0. The van der Waals surface area contributed by atoms with Crippen LogP contribution in [0.1, 0.15) is 24.3 Å². The Labute approximate surface area is 110 Å². The third-order valence-electron chi connectivity index (χ3n) is 3.74. The Morgan fingerprint density at radius 2 is 2.11 bits per heavy atom. The monoisotopic (exact) mass is 261 g/mol. The summed E-state index contributed by atoms with van der Waals surface area (Å²) in [6, 6.07) is 7.19. The quantitative estimate of drug-likeness (QED) is 0.873. The Kier molecular flexibility index (Phi) is 2.98. The summed E-state index contributed by atoms with van der Waals surface area (Å²) < 4.78 is 5.40. The molecule has 2 atom stereocenters. The Morgan fingerprint density at radius 3 is 2.79 bits per heavy atom. The maximum absolute atomic E-state index is 12.4. The molecule has 2 aliphatic rings. The number of fused-ring (bicyclic) bond motifs is 1. The zero-order valence-electron chi connectivity index (χ0n) is 10.4. The van der Waals surface area contributed by atoms with Gasteiger partial charge in [-0.15, -0.1) is 0 Å². The second kappa shape index (κ2) is 4.66. The van der Waals surface area contributed by atoms with Crippen LogP contribution in [0.4, 0.5) is 5.69 Å². The molecule has 2 aliphatic heterocycles. The highest BCUT2D eigenvalue weighted by Gasteiger charge is 2.39. The lowest BCUT2D eigenvalue weighted by Crippen LogP contribution is -2.38. The predicted octanol–water partition coefficient (Wildman–Crippen LogP) is 1.38. The lowest BCUT2D eigenvalue weighted by molar-refractivity contribution is -0.138. The number of anilines is 1. The highest BCUT2D eigenvalue weighted by atomic mass is 16.5. The van der Waals surface area contributed by atoms with Crippen LogP contribution in [0, 0.1) is 0 Å². The van der Waals surface area contributed by atoms with Gasteiger partial charge in [0.1, 0.15) is 12.0 Å². The van der Waals surface area contributed by atoms with Crippen LogP contribution in [0.25, 0.3) is 0 Å². The van der Waals surface area contributed by atoms with Crippen molar-refractivity contribution in [1.29, 1.82) is 0 Å². The first-order valence-corrected chi connectivity index (χ1v) is 6.43. The number of carboxylic acid groups (broad SMARTS) is 1. The first kappa shape index (κ1) is 12.2. The summed E-state index contributed by atoms with van der Waals surface area (Å²) in [7, 11) is 0. The van der Waals surface area contributed by atoms with Gasteiger partial charge in [0, 0.05) is 18.8 Å². The van der Waals surface area contributed by atoms with Crippen molar-refractivity contribution < 1.29 is 19.4 Å². The average Bonchev–Trinajstić information content (AvgIpc) is 3.05. The van der Waals surface area contributed by atoms with Crippen molar-refractivity contribution in [2.75, 3.05) is 18.1 Å². The van der Waals surface area contributed by atoms with E-state index in [0.717, 1.165) is 12.8 Å². The molecule has 5 heteroatoms. The number of rotatable bonds is 2. The average molecular weight is 261 g/mol. The number of hydrogen-bond acceptors (Lipinski definition) is 3. The lowest BCUT2D eigenvalue weighted by Gasteiger charge is -2.20. The number of hydrogen-bond donors (Lipinski definition) is 1. The highest BCUT2D eigenvalue weighted by Crippen LogP contribution is 2.37. The van der Waals surface area contributed by atoms with Crippen molar-refractivity contribution in [1.82, 2.24) is 0 Å². The molecule has 100 valence electrons. The minimum Gasteiger partial charge on any atom is -0.481 e. The molecular weight excluding hydrogens is 246 g/mol. The second-order valence-corrected chi connectivity index (χ2v) is 4.90. The largest absolute Gasteiger partial charge is 0.481 e. The van der Waals surface area contributed by atoms with Crippen LogP contribution in [0.15, 0.2) is 24.3 Å². The summed E-state index contributed by atoms with van der Waals surface area (Å²) in [5, 5.41) is 9.26. The maximum atomic E-state index is 12.4. The minimum atomic E-state index is -0.893. The zero-order chi connectivity index (χ0) is 13.4. The molecule has 0 bridgehead atoms. The summed E-state index contributed by atoms with van der Waals surface area (Å²) in [5.74, 6) is -1.65. The molecule has 1 saturated heterocycles. The number of nitrogens with zero attached hydrogens (tertiary/aromatic N) is 1. The number of ether oxygens (including phenoxy) is 1. The normalized spacial score (nSPS) is 25.4. The smallest absolute Gasteiger partial charge is 0.312 e. The molecular formula is C14H15NO4. The Morgan fingerprint density at radius 1 is 1.32 bits per heavy atom. The van der Waals surface area contributed by atoms with Gasteiger partial charge < -0.3 is 14.7 Å². The number of aliphatic carboxylic acids is 1. The van der Waals surface area contributed by atoms with Gasteiger partial charge in [-0.25, -0.2) is 0 Å². The molecule has 2 heterocycles. The van der Waals surface area contributed by atoms with E-state index >= 15 is 0 Å². The standard InChI is InChI=1S/C14H15NO4/c16-13(12-6-3-7-19-12)15-8-10(14(17)18)9-4-1-2-5-11(9)15/h1-2,4-5,10,12H,3,6-8H2,(H,17,18)/t10?,12-/m0/s1. The summed E-state index contributed by atoms with van der Waals surface area (Å²) in [6.07, 6.45) is 1.18. The first-order valence-electron chi connectivity index (χ1n) is 6.43. The third kappa shape index (κ3) is 2.00. The first-order chi connectivity index (χ1) is 9.18. The van der Waals surface area contributed by atoms with Crippen molar-refractivity contribution in [2.45, 2.75) is 24.9 Å². The van der Waals surface area contributed by atoms with Gasteiger partial charge >= 0.3 is 5.97 Å². The van der Waals surface area contributed by atoms with Crippen LogP contribution in [0.2, 0.25) is 0 Å². The highest BCUT2D eigenvalue weighted by molar-refractivity contribution is 6.01. The van der Waals surface area contributed by atoms with Crippen LogP contribution < -0.4 is 4.90 Å². The molecule has 0 spiro atoms. The minimum absolute atomic E-state index is 0.117. The fourth-order valence-corrected chi connectivity index (χ4v) is 2.77. The number of carbonyl (C=O) groups excluding carboxylic acids is 1. The van der Waals surface area contributed by atoms with Crippen molar-refractivity contribution in [3.05, 3.63) is 29.8 Å². The fraction of sp³-hybridized carbons (Fsp3) is 0.429. The van der Waals surface area contributed by atoms with Crippen LogP contribution in [-0.2, 0) is 14.3 Å². The van der Waals surface area contributed by atoms with Crippen molar-refractivity contribution in [3.63, 3.8) is 0 Å². The van der Waals surface area contributed by atoms with E-state index in [-0.39, 0.29) is 12.5 Å². The van der Waals surface area contributed by atoms with Gasteiger partial charge in [-0.3, -0.25) is 9.59 Å². The van der Waals surface area contributed by atoms with Gasteiger partial charge in [0.25, 0.3) is 5.91 Å². The summed E-state index contributed by atoms with van der Waals surface area (Å²) in [5.41, 5.74) is 1.41. The molecule has 5 nitrogen and oxygen atoms in total. The Bertz CT molecular complexity index is 522. The molecule has 1 aromatic rings. The Balaban J connectivity index is 1.91. The Hall–Kier alpha value is -1.88. The van der Waals surface area contributed by atoms with E-state index in [1.165, 1.54) is 0 Å². The van der Waals surface area contributed by atoms with E-state index in [1.807, 2.05) is 6.07 Å². The number of para-hydroxylation sites is 1. The molecule has 0 aliphatic carbocycles. The molecule has 1 aromatic carbocycles. The van der Waals surface area contributed by atoms with Gasteiger partial charge in [0.2, 0.25) is 0 Å². The van der Waals surface area contributed by atoms with Crippen LogP contribution in [-0.4, -0.2) is 36.2 Å². The van der Waals surface area contributed by atoms with Crippen LogP contribution in [0.3, 0.4) is 0 Å². The van der Waals surface area contributed by atoms with Gasteiger partial charge in [-0.2, -0.15) is 0 Å². The van der Waals surface area contributed by atoms with Gasteiger partial charge in [0.05, 0.1) is 0 Å². The molecule has 0 aromatic heterocycles. The fourth-order valence-electron chi connectivity index (χ4n) is 2.77. The van der Waals surface area contributed by atoms with Gasteiger partial charge in [0.15, 0.2) is 0 Å². The van der Waals surface area contributed by atoms with E-state index in [4.69, 9.17) is 4.74 Å². The molecule has 1 fully saturated rings. The maximum Gasteiger partial charge on any atom is 0.312 e. The molecule has 3 rings (SSSR count). The molecule has 1 N–H and O–H groups in total. The van der Waals surface area contributed by atoms with E-state index < -0.39 is 18.0 Å². The van der Waals surface area contributed by atoms with Gasteiger partial charge in [-0.05, 0) is 24.5 Å². The second-order valence-electron chi connectivity index (χ2n) is 4.90. The van der Waals surface area contributed by atoms with E-state index in [2.05, 4.69) is 0 Å². The van der Waals surface area contributed by atoms with E-state index in [1.54, 1.807) is 23.1 Å².